The molecule has 0 saturated carbocycles. The lowest BCUT2D eigenvalue weighted by Crippen LogP contribution is -2.13. The lowest BCUT2D eigenvalue weighted by atomic mass is 10.2. The van der Waals surface area contributed by atoms with Gasteiger partial charge in [-0.05, 0) is 25.1 Å². The molecule has 0 saturated heterocycles. The standard InChI is InChI=1S/C14H17N3O2/c1-10-12(14(15)18)9-13(17(10)7-8-19-2)11-3-5-16-6-4-11/h3-6,9H,7-8H2,1-2H3,(H2,15,18). The van der Waals surface area contributed by atoms with Gasteiger partial charge in [0.1, 0.15) is 0 Å². The molecule has 5 nitrogen and oxygen atoms in total. The number of rotatable bonds is 5. The third-order valence-corrected chi connectivity index (χ3v) is 3.13. The fraction of sp³-hybridized carbons (Fsp3) is 0.286. The van der Waals surface area contributed by atoms with Crippen LogP contribution in [0.25, 0.3) is 11.3 Å². The lowest BCUT2D eigenvalue weighted by Gasteiger charge is -2.11. The molecular formula is C14H17N3O2. The first kappa shape index (κ1) is 13.3. The molecule has 5 heteroatoms. The number of ether oxygens (including phenoxy) is 1. The monoisotopic (exact) mass is 259 g/mol. The van der Waals surface area contributed by atoms with Gasteiger partial charge in [-0.15, -0.1) is 0 Å². The molecule has 19 heavy (non-hydrogen) atoms. The molecule has 2 rings (SSSR count). The van der Waals surface area contributed by atoms with Crippen molar-refractivity contribution in [3.8, 4) is 11.3 Å². The second-order valence-electron chi connectivity index (χ2n) is 4.27. The molecular weight excluding hydrogens is 242 g/mol. The normalized spacial score (nSPS) is 10.6. The van der Waals surface area contributed by atoms with Gasteiger partial charge in [-0.25, -0.2) is 0 Å². The second-order valence-corrected chi connectivity index (χ2v) is 4.27. The number of methoxy groups -OCH3 is 1. The van der Waals surface area contributed by atoms with Gasteiger partial charge in [-0.3, -0.25) is 9.78 Å². The highest BCUT2D eigenvalue weighted by molar-refractivity contribution is 5.95. The summed E-state index contributed by atoms with van der Waals surface area (Å²) in [5.74, 6) is -0.413. The number of pyridine rings is 1. The van der Waals surface area contributed by atoms with Crippen LogP contribution in [0.2, 0.25) is 0 Å². The number of primary amides is 1. The summed E-state index contributed by atoms with van der Waals surface area (Å²) in [6.45, 7) is 3.14. The Morgan fingerprint density at radius 1 is 1.42 bits per heavy atom. The van der Waals surface area contributed by atoms with E-state index in [4.69, 9.17) is 10.5 Å². The molecule has 0 aliphatic rings. The van der Waals surface area contributed by atoms with E-state index in [0.29, 0.717) is 18.7 Å². The summed E-state index contributed by atoms with van der Waals surface area (Å²) in [5, 5.41) is 0. The van der Waals surface area contributed by atoms with Crippen LogP contribution in [0.15, 0.2) is 30.6 Å². The van der Waals surface area contributed by atoms with E-state index in [1.54, 1.807) is 19.5 Å². The fourth-order valence-corrected chi connectivity index (χ4v) is 2.13. The van der Waals surface area contributed by atoms with E-state index >= 15 is 0 Å². The quantitative estimate of drug-likeness (QED) is 0.886. The van der Waals surface area contributed by atoms with Crippen molar-refractivity contribution in [1.29, 1.82) is 0 Å². The Balaban J connectivity index is 2.52. The maximum Gasteiger partial charge on any atom is 0.250 e. The molecule has 2 aromatic heterocycles. The van der Waals surface area contributed by atoms with Gasteiger partial charge in [0.15, 0.2) is 0 Å². The molecule has 0 radical (unpaired) electrons. The Kier molecular flexibility index (Phi) is 3.97. The van der Waals surface area contributed by atoms with Crippen LogP contribution in [0.1, 0.15) is 16.1 Å². The van der Waals surface area contributed by atoms with Crippen LogP contribution in [0.3, 0.4) is 0 Å². The van der Waals surface area contributed by atoms with Crippen LogP contribution in [-0.2, 0) is 11.3 Å². The Morgan fingerprint density at radius 3 is 2.68 bits per heavy atom. The van der Waals surface area contributed by atoms with Crippen LogP contribution in [0.5, 0.6) is 0 Å². The topological polar surface area (TPSA) is 70.1 Å². The number of hydrogen-bond acceptors (Lipinski definition) is 3. The number of nitrogens with zero attached hydrogens (tertiary/aromatic N) is 2. The van der Waals surface area contributed by atoms with E-state index in [-0.39, 0.29) is 0 Å². The molecule has 0 atom stereocenters. The predicted molar refractivity (Wildman–Crippen MR) is 72.8 cm³/mol. The number of carbonyl (C=O) groups is 1. The van der Waals surface area contributed by atoms with Crippen molar-refractivity contribution in [2.75, 3.05) is 13.7 Å². The number of hydrogen-bond donors (Lipinski definition) is 1. The highest BCUT2D eigenvalue weighted by Crippen LogP contribution is 2.25. The largest absolute Gasteiger partial charge is 0.383 e. The summed E-state index contributed by atoms with van der Waals surface area (Å²) in [6, 6.07) is 5.63. The maximum absolute atomic E-state index is 11.5. The molecule has 0 aliphatic heterocycles. The highest BCUT2D eigenvalue weighted by atomic mass is 16.5. The average molecular weight is 259 g/mol. The smallest absolute Gasteiger partial charge is 0.250 e. The Bertz CT molecular complexity index is 576. The predicted octanol–water partition coefficient (Wildman–Crippen LogP) is 1.60. The summed E-state index contributed by atoms with van der Waals surface area (Å²) in [6.07, 6.45) is 3.45. The maximum atomic E-state index is 11.5. The zero-order valence-electron chi connectivity index (χ0n) is 11.1. The first-order valence-corrected chi connectivity index (χ1v) is 6.04. The molecule has 0 spiro atoms. The highest BCUT2D eigenvalue weighted by Gasteiger charge is 2.16. The summed E-state index contributed by atoms with van der Waals surface area (Å²) in [4.78, 5) is 15.5. The Morgan fingerprint density at radius 2 is 2.11 bits per heavy atom. The van der Waals surface area contributed by atoms with Gasteiger partial charge in [0.05, 0.1) is 12.2 Å². The molecule has 0 fully saturated rings. The molecule has 100 valence electrons. The zero-order chi connectivity index (χ0) is 13.8. The Hall–Kier alpha value is -2.14. The van der Waals surface area contributed by atoms with Gasteiger partial charge in [-0.2, -0.15) is 0 Å². The van der Waals surface area contributed by atoms with Crippen LogP contribution < -0.4 is 5.73 Å². The van der Waals surface area contributed by atoms with Crippen molar-refractivity contribution in [2.45, 2.75) is 13.5 Å². The average Bonchev–Trinajstić information content (AvgIpc) is 2.75. The second kappa shape index (κ2) is 5.67. The number of amides is 1. The van der Waals surface area contributed by atoms with Crippen molar-refractivity contribution in [3.63, 3.8) is 0 Å². The number of carbonyl (C=O) groups excluding carboxylic acids is 1. The minimum Gasteiger partial charge on any atom is -0.383 e. The van der Waals surface area contributed by atoms with Crippen molar-refractivity contribution in [2.24, 2.45) is 5.73 Å². The summed E-state index contributed by atoms with van der Waals surface area (Å²) in [7, 11) is 1.65. The molecule has 2 heterocycles. The number of nitrogens with two attached hydrogens (primary N) is 1. The van der Waals surface area contributed by atoms with Gasteiger partial charge in [0, 0.05) is 43.0 Å². The minimum absolute atomic E-state index is 0.413. The SMILES string of the molecule is COCCn1c(-c2ccncc2)cc(C(N)=O)c1C. The zero-order valence-corrected chi connectivity index (χ0v) is 11.1. The first-order chi connectivity index (χ1) is 9.15. The van der Waals surface area contributed by atoms with Crippen LogP contribution in [-0.4, -0.2) is 29.2 Å². The van der Waals surface area contributed by atoms with Gasteiger partial charge in [-0.1, -0.05) is 0 Å². The summed E-state index contributed by atoms with van der Waals surface area (Å²) in [5.41, 5.74) is 8.76. The van der Waals surface area contributed by atoms with E-state index in [0.717, 1.165) is 17.0 Å². The molecule has 0 bridgehead atoms. The fourth-order valence-electron chi connectivity index (χ4n) is 2.13. The molecule has 0 aliphatic carbocycles. The lowest BCUT2D eigenvalue weighted by molar-refractivity contribution is 0.0999. The minimum atomic E-state index is -0.413. The molecule has 0 aromatic carbocycles. The van der Waals surface area contributed by atoms with Gasteiger partial charge < -0.3 is 15.0 Å². The third-order valence-electron chi connectivity index (χ3n) is 3.13. The van der Waals surface area contributed by atoms with Crippen LogP contribution in [0.4, 0.5) is 0 Å². The van der Waals surface area contributed by atoms with E-state index in [1.165, 1.54) is 0 Å². The van der Waals surface area contributed by atoms with E-state index < -0.39 is 5.91 Å². The van der Waals surface area contributed by atoms with E-state index in [2.05, 4.69) is 4.98 Å². The summed E-state index contributed by atoms with van der Waals surface area (Å²) >= 11 is 0. The van der Waals surface area contributed by atoms with Crippen molar-refractivity contribution >= 4 is 5.91 Å². The first-order valence-electron chi connectivity index (χ1n) is 6.04. The number of aromatic nitrogens is 2. The van der Waals surface area contributed by atoms with Gasteiger partial charge >= 0.3 is 0 Å². The Labute approximate surface area is 112 Å². The third kappa shape index (κ3) is 2.66. The van der Waals surface area contributed by atoms with E-state index in [1.807, 2.05) is 29.7 Å². The van der Waals surface area contributed by atoms with Crippen LogP contribution >= 0.6 is 0 Å². The van der Waals surface area contributed by atoms with Gasteiger partial charge in [0.2, 0.25) is 0 Å². The molecule has 2 N–H and O–H groups in total. The van der Waals surface area contributed by atoms with Crippen molar-refractivity contribution in [1.82, 2.24) is 9.55 Å². The van der Waals surface area contributed by atoms with E-state index in [9.17, 15) is 4.79 Å². The summed E-state index contributed by atoms with van der Waals surface area (Å²) < 4.78 is 7.15. The van der Waals surface area contributed by atoms with Gasteiger partial charge in [0.25, 0.3) is 5.91 Å². The van der Waals surface area contributed by atoms with Crippen molar-refractivity contribution < 1.29 is 9.53 Å². The van der Waals surface area contributed by atoms with Crippen LogP contribution in [0, 0.1) is 6.92 Å². The molecule has 1 amide bonds. The molecule has 2 aromatic rings. The van der Waals surface area contributed by atoms with Crippen molar-refractivity contribution in [3.05, 3.63) is 41.9 Å². The molecule has 0 unspecified atom stereocenters.